The van der Waals surface area contributed by atoms with E-state index < -0.39 is 0 Å². The Bertz CT molecular complexity index is 584. The van der Waals surface area contributed by atoms with Crippen LogP contribution in [0.15, 0.2) is 23.7 Å². The first-order valence-corrected chi connectivity index (χ1v) is 7.79. The summed E-state index contributed by atoms with van der Waals surface area (Å²) in [6.07, 6.45) is 3.24. The van der Waals surface area contributed by atoms with Crippen LogP contribution >= 0.6 is 11.3 Å². The van der Waals surface area contributed by atoms with Gasteiger partial charge in [-0.15, -0.1) is 11.3 Å². The maximum atomic E-state index is 5.97. The number of aromatic nitrogens is 2. The molecule has 5 heteroatoms. The third-order valence-electron chi connectivity index (χ3n) is 3.52. The molecule has 4 nitrogen and oxygen atoms in total. The van der Waals surface area contributed by atoms with Crippen LogP contribution in [-0.4, -0.2) is 29.2 Å². The Morgan fingerprint density at radius 3 is 3.10 bits per heavy atom. The number of thiazole rings is 1. The van der Waals surface area contributed by atoms with Crippen LogP contribution in [0.3, 0.4) is 0 Å². The van der Waals surface area contributed by atoms with Crippen LogP contribution in [0.25, 0.3) is 0 Å². The molecule has 20 heavy (non-hydrogen) atoms. The fraction of sp³-hybridized carbons (Fsp3) is 0.467. The maximum absolute atomic E-state index is 5.97. The molecule has 0 saturated carbocycles. The molecule has 0 aromatic carbocycles. The summed E-state index contributed by atoms with van der Waals surface area (Å²) in [5.41, 5.74) is 3.35. The third kappa shape index (κ3) is 3.16. The number of hydrogen-bond acceptors (Lipinski definition) is 5. The molecule has 0 amide bonds. The Hall–Kier alpha value is -1.46. The van der Waals surface area contributed by atoms with E-state index in [0.29, 0.717) is 12.7 Å². The number of nitrogens with zero attached hydrogens (tertiary/aromatic N) is 3. The van der Waals surface area contributed by atoms with Gasteiger partial charge >= 0.3 is 0 Å². The average Bonchev–Trinajstić information content (AvgIpc) is 3.05. The Morgan fingerprint density at radius 2 is 2.35 bits per heavy atom. The van der Waals surface area contributed by atoms with Gasteiger partial charge in [-0.25, -0.2) is 4.98 Å². The largest absolute Gasteiger partial charge is 0.370 e. The number of rotatable bonds is 4. The van der Waals surface area contributed by atoms with Gasteiger partial charge in [0.2, 0.25) is 0 Å². The summed E-state index contributed by atoms with van der Waals surface area (Å²) in [5, 5.41) is 3.18. The monoisotopic (exact) mass is 289 g/mol. The number of anilines is 1. The van der Waals surface area contributed by atoms with E-state index in [2.05, 4.69) is 32.4 Å². The van der Waals surface area contributed by atoms with Crippen LogP contribution in [0.2, 0.25) is 0 Å². The van der Waals surface area contributed by atoms with E-state index in [1.165, 1.54) is 5.69 Å². The topological polar surface area (TPSA) is 38.2 Å². The van der Waals surface area contributed by atoms with Crippen molar-refractivity contribution in [3.05, 3.63) is 40.1 Å². The Balaban J connectivity index is 1.54. The number of ether oxygens (including phenoxy) is 1. The zero-order chi connectivity index (χ0) is 13.9. The first-order chi connectivity index (χ1) is 9.70. The maximum Gasteiger partial charge on any atom is 0.0901 e. The minimum Gasteiger partial charge on any atom is -0.370 e. The standard InChI is InChI=1S/C15H19N3OS/c1-11-7-14(3-5-16-11)18-6-4-15(8-18)19-9-13-10-20-12(2)17-13/h3,5,7,10,15H,4,6,8-9H2,1-2H3/t15-/m0/s1. The SMILES string of the molecule is Cc1cc(N2CC[C@H](OCc3csc(C)n3)C2)ccn1. The molecule has 1 saturated heterocycles. The second-order valence-electron chi connectivity index (χ2n) is 5.18. The van der Waals surface area contributed by atoms with Crippen molar-refractivity contribution in [3.8, 4) is 0 Å². The molecular weight excluding hydrogens is 270 g/mol. The summed E-state index contributed by atoms with van der Waals surface area (Å²) in [5.74, 6) is 0. The summed E-state index contributed by atoms with van der Waals surface area (Å²) in [4.78, 5) is 11.0. The lowest BCUT2D eigenvalue weighted by Crippen LogP contribution is -2.22. The molecule has 0 aliphatic carbocycles. The Kier molecular flexibility index (Phi) is 3.98. The third-order valence-corrected chi connectivity index (χ3v) is 4.35. The average molecular weight is 289 g/mol. The molecule has 2 aromatic heterocycles. The van der Waals surface area contributed by atoms with E-state index in [-0.39, 0.29) is 0 Å². The quantitative estimate of drug-likeness (QED) is 0.867. The van der Waals surface area contributed by atoms with Crippen LogP contribution < -0.4 is 4.90 Å². The minimum absolute atomic E-state index is 0.297. The van der Waals surface area contributed by atoms with E-state index in [9.17, 15) is 0 Å². The highest BCUT2D eigenvalue weighted by Crippen LogP contribution is 2.22. The van der Waals surface area contributed by atoms with Gasteiger partial charge in [0.25, 0.3) is 0 Å². The van der Waals surface area contributed by atoms with Crippen LogP contribution in [0.5, 0.6) is 0 Å². The molecule has 1 aliphatic rings. The van der Waals surface area contributed by atoms with Gasteiger partial charge in [0.05, 0.1) is 23.4 Å². The van der Waals surface area contributed by atoms with Crippen molar-refractivity contribution >= 4 is 17.0 Å². The zero-order valence-electron chi connectivity index (χ0n) is 11.9. The van der Waals surface area contributed by atoms with E-state index in [1.54, 1.807) is 11.3 Å². The first-order valence-electron chi connectivity index (χ1n) is 6.91. The molecule has 0 bridgehead atoms. The summed E-state index contributed by atoms with van der Waals surface area (Å²) < 4.78 is 5.97. The highest BCUT2D eigenvalue weighted by molar-refractivity contribution is 7.09. The molecule has 1 atom stereocenters. The number of hydrogen-bond donors (Lipinski definition) is 0. The van der Waals surface area contributed by atoms with Gasteiger partial charge in [0.15, 0.2) is 0 Å². The first kappa shape index (κ1) is 13.5. The second kappa shape index (κ2) is 5.89. The fourth-order valence-electron chi connectivity index (χ4n) is 2.50. The van der Waals surface area contributed by atoms with Crippen molar-refractivity contribution in [1.29, 1.82) is 0 Å². The van der Waals surface area contributed by atoms with Crippen LogP contribution in [0, 0.1) is 13.8 Å². The summed E-state index contributed by atoms with van der Waals surface area (Å²) in [7, 11) is 0. The van der Waals surface area contributed by atoms with Crippen molar-refractivity contribution in [1.82, 2.24) is 9.97 Å². The lowest BCUT2D eigenvalue weighted by molar-refractivity contribution is 0.0536. The van der Waals surface area contributed by atoms with Crippen molar-refractivity contribution in [3.63, 3.8) is 0 Å². The number of aryl methyl sites for hydroxylation is 2. The minimum atomic E-state index is 0.297. The molecular formula is C15H19N3OS. The summed E-state index contributed by atoms with van der Waals surface area (Å²) >= 11 is 1.68. The summed E-state index contributed by atoms with van der Waals surface area (Å²) in [6, 6.07) is 4.20. The Morgan fingerprint density at radius 1 is 1.45 bits per heavy atom. The van der Waals surface area contributed by atoms with E-state index in [0.717, 1.165) is 35.9 Å². The van der Waals surface area contributed by atoms with Crippen molar-refractivity contribution in [2.24, 2.45) is 0 Å². The fourth-order valence-corrected chi connectivity index (χ4v) is 3.10. The van der Waals surface area contributed by atoms with Gasteiger partial charge in [-0.2, -0.15) is 0 Å². The highest BCUT2D eigenvalue weighted by atomic mass is 32.1. The molecule has 1 fully saturated rings. The Labute approximate surface area is 123 Å². The molecule has 0 spiro atoms. The van der Waals surface area contributed by atoms with Gasteiger partial charge in [0.1, 0.15) is 0 Å². The normalized spacial score (nSPS) is 18.7. The van der Waals surface area contributed by atoms with Crippen LogP contribution in [0.1, 0.15) is 22.8 Å². The van der Waals surface area contributed by atoms with Gasteiger partial charge in [0, 0.05) is 36.0 Å². The lowest BCUT2D eigenvalue weighted by atomic mass is 10.3. The molecule has 2 aromatic rings. The van der Waals surface area contributed by atoms with Gasteiger partial charge in [-0.1, -0.05) is 0 Å². The van der Waals surface area contributed by atoms with Crippen molar-refractivity contribution < 1.29 is 4.74 Å². The number of pyridine rings is 1. The van der Waals surface area contributed by atoms with Crippen LogP contribution in [-0.2, 0) is 11.3 Å². The van der Waals surface area contributed by atoms with E-state index in [1.807, 2.05) is 20.0 Å². The van der Waals surface area contributed by atoms with Crippen molar-refractivity contribution in [2.45, 2.75) is 33.0 Å². The zero-order valence-corrected chi connectivity index (χ0v) is 12.7. The molecule has 0 radical (unpaired) electrons. The second-order valence-corrected chi connectivity index (χ2v) is 6.24. The van der Waals surface area contributed by atoms with Crippen LogP contribution in [0.4, 0.5) is 5.69 Å². The van der Waals surface area contributed by atoms with E-state index >= 15 is 0 Å². The molecule has 1 aliphatic heterocycles. The van der Waals surface area contributed by atoms with Crippen molar-refractivity contribution in [2.75, 3.05) is 18.0 Å². The molecule has 106 valence electrons. The smallest absolute Gasteiger partial charge is 0.0901 e. The predicted molar refractivity (Wildman–Crippen MR) is 81.2 cm³/mol. The molecule has 0 N–H and O–H groups in total. The van der Waals surface area contributed by atoms with Gasteiger partial charge in [-0.05, 0) is 32.4 Å². The summed E-state index contributed by atoms with van der Waals surface area (Å²) in [6.45, 7) is 6.67. The van der Waals surface area contributed by atoms with E-state index in [4.69, 9.17) is 4.74 Å². The highest BCUT2D eigenvalue weighted by Gasteiger charge is 2.23. The van der Waals surface area contributed by atoms with Gasteiger partial charge < -0.3 is 9.64 Å². The molecule has 0 unspecified atom stereocenters. The molecule has 3 heterocycles. The predicted octanol–water partition coefficient (Wildman–Crippen LogP) is 2.95. The lowest BCUT2D eigenvalue weighted by Gasteiger charge is -2.18. The molecule has 3 rings (SSSR count). The van der Waals surface area contributed by atoms with Gasteiger partial charge in [-0.3, -0.25) is 4.98 Å².